The lowest BCUT2D eigenvalue weighted by Crippen LogP contribution is -2.15. The Morgan fingerprint density at radius 1 is 1.08 bits per heavy atom. The highest BCUT2D eigenvalue weighted by Crippen LogP contribution is 1.71. The molecule has 0 saturated heterocycles. The first kappa shape index (κ1) is 17.7. The summed E-state index contributed by atoms with van der Waals surface area (Å²) in [5.74, 6) is 0. The number of aliphatic hydroxyl groups excluding tert-OH is 3. The summed E-state index contributed by atoms with van der Waals surface area (Å²) < 4.78 is 31.6. The van der Waals surface area contributed by atoms with Crippen molar-refractivity contribution in [3.8, 4) is 0 Å². The summed E-state index contributed by atoms with van der Waals surface area (Å²) in [6, 6.07) is 0. The molecule has 0 unspecified atom stereocenters. The Balaban J connectivity index is -0.000000126. The van der Waals surface area contributed by atoms with Crippen LogP contribution in [0.1, 0.15) is 0 Å². The van der Waals surface area contributed by atoms with E-state index in [2.05, 4.69) is 0 Å². The number of aliphatic hydroxyl groups is 3. The molecule has 0 aliphatic carbocycles. The fourth-order valence-electron chi connectivity index (χ4n) is 0.0577. The van der Waals surface area contributed by atoms with E-state index < -0.39 is 16.5 Å². The van der Waals surface area contributed by atoms with Crippen molar-refractivity contribution in [3.05, 3.63) is 0 Å². The molecule has 0 aromatic rings. The third-order valence-corrected chi connectivity index (χ3v) is 0.421. The van der Waals surface area contributed by atoms with Crippen LogP contribution in [0.5, 0.6) is 0 Å². The van der Waals surface area contributed by atoms with Crippen molar-refractivity contribution in [2.45, 2.75) is 6.10 Å². The summed E-state index contributed by atoms with van der Waals surface area (Å²) in [6.45, 7) is -0.729. The lowest BCUT2D eigenvalue weighted by atomic mass is 10.4. The molecule has 9 heteroatoms. The lowest BCUT2D eigenvalue weighted by Gasteiger charge is -1.96. The summed E-state index contributed by atoms with van der Waals surface area (Å²) in [7, 11) is -4.67. The van der Waals surface area contributed by atoms with Crippen LogP contribution in [-0.2, 0) is 10.4 Å². The molecule has 0 amide bonds. The molecule has 0 saturated carbocycles. The van der Waals surface area contributed by atoms with Gasteiger partial charge in [-0.3, -0.25) is 9.11 Å². The van der Waals surface area contributed by atoms with Crippen LogP contribution < -0.4 is 6.15 Å². The molecule has 8 N–H and O–H groups in total. The standard InChI is InChI=1S/C3H8O3.H3N.H2O4S/c4-1-3(6)2-5;;1-5(2,3)4/h3-6H,1-2H2;1H3;(H2,1,2,3,4). The molecule has 0 spiro atoms. The molecule has 0 bridgehead atoms. The molecule has 0 atom stereocenters. The van der Waals surface area contributed by atoms with Crippen LogP contribution in [0.2, 0.25) is 0 Å². The van der Waals surface area contributed by atoms with Crippen LogP contribution in [0, 0.1) is 0 Å². The zero-order chi connectivity index (χ0) is 9.49. The minimum atomic E-state index is -4.67. The molecule has 8 nitrogen and oxygen atoms in total. The summed E-state index contributed by atoms with van der Waals surface area (Å²) in [5.41, 5.74) is 0. The normalized spacial score (nSPS) is 9.83. The molecule has 0 aromatic heterocycles. The highest BCUT2D eigenvalue weighted by atomic mass is 32.3. The molecule has 78 valence electrons. The third kappa shape index (κ3) is 53.5. The van der Waals surface area contributed by atoms with E-state index in [9.17, 15) is 0 Å². The summed E-state index contributed by atoms with van der Waals surface area (Å²) in [6.07, 6.45) is -0.954. The van der Waals surface area contributed by atoms with E-state index in [1.165, 1.54) is 0 Å². The molecule has 0 aliphatic heterocycles. The highest BCUT2D eigenvalue weighted by molar-refractivity contribution is 7.79. The molecule has 0 aromatic carbocycles. The Morgan fingerprint density at radius 2 is 1.25 bits per heavy atom. The fraction of sp³-hybridized carbons (Fsp3) is 1.00. The van der Waals surface area contributed by atoms with Crippen molar-refractivity contribution in [1.29, 1.82) is 0 Å². The van der Waals surface area contributed by atoms with Gasteiger partial charge in [0.1, 0.15) is 6.10 Å². The van der Waals surface area contributed by atoms with E-state index >= 15 is 0 Å². The lowest BCUT2D eigenvalue weighted by molar-refractivity contribution is 0.0450. The maximum absolute atomic E-state index is 8.74. The van der Waals surface area contributed by atoms with Crippen molar-refractivity contribution in [3.63, 3.8) is 0 Å². The van der Waals surface area contributed by atoms with Gasteiger partial charge in [0.15, 0.2) is 0 Å². The Bertz CT molecular complexity index is 153. The molecule has 0 fully saturated rings. The molecular formula is C3H13NO7S. The van der Waals surface area contributed by atoms with Crippen LogP contribution in [0.3, 0.4) is 0 Å². The molecule has 0 radical (unpaired) electrons. The van der Waals surface area contributed by atoms with Gasteiger partial charge in [-0.05, 0) is 0 Å². The minimum Gasteiger partial charge on any atom is -0.394 e. The van der Waals surface area contributed by atoms with Crippen molar-refractivity contribution in [2.75, 3.05) is 13.2 Å². The van der Waals surface area contributed by atoms with Crippen LogP contribution in [0.25, 0.3) is 0 Å². The van der Waals surface area contributed by atoms with Gasteiger partial charge < -0.3 is 21.5 Å². The zero-order valence-electron chi connectivity index (χ0n) is 6.16. The van der Waals surface area contributed by atoms with Gasteiger partial charge in [-0.15, -0.1) is 0 Å². The molecule has 0 rings (SSSR count). The van der Waals surface area contributed by atoms with E-state index in [-0.39, 0.29) is 19.4 Å². The van der Waals surface area contributed by atoms with E-state index in [4.69, 9.17) is 32.8 Å². The van der Waals surface area contributed by atoms with Gasteiger partial charge in [-0.2, -0.15) is 8.42 Å². The summed E-state index contributed by atoms with van der Waals surface area (Å²) in [5, 5.41) is 24.0. The molecule has 0 heterocycles. The Hall–Kier alpha value is -0.290. The van der Waals surface area contributed by atoms with Gasteiger partial charge in [0.2, 0.25) is 0 Å². The van der Waals surface area contributed by atoms with Crippen molar-refractivity contribution >= 4 is 10.4 Å². The van der Waals surface area contributed by atoms with Crippen molar-refractivity contribution in [2.24, 2.45) is 0 Å². The van der Waals surface area contributed by atoms with Gasteiger partial charge in [-0.1, -0.05) is 0 Å². The van der Waals surface area contributed by atoms with Crippen molar-refractivity contribution in [1.82, 2.24) is 6.15 Å². The van der Waals surface area contributed by atoms with Crippen LogP contribution in [-0.4, -0.2) is 52.2 Å². The van der Waals surface area contributed by atoms with Gasteiger partial charge >= 0.3 is 10.4 Å². The SMILES string of the molecule is N.O=S(=O)(O)O.OCC(O)CO. The van der Waals surface area contributed by atoms with E-state index in [0.717, 1.165) is 0 Å². The van der Waals surface area contributed by atoms with Crippen LogP contribution >= 0.6 is 0 Å². The average Bonchev–Trinajstić information content (AvgIpc) is 1.83. The second-order valence-corrected chi connectivity index (χ2v) is 2.36. The first-order valence-electron chi connectivity index (χ1n) is 2.41. The number of hydrogen-bond acceptors (Lipinski definition) is 6. The minimum absolute atomic E-state index is 0. The third-order valence-electron chi connectivity index (χ3n) is 0.421. The second kappa shape index (κ2) is 8.80. The number of hydrogen-bond donors (Lipinski definition) is 6. The maximum atomic E-state index is 8.74. The predicted octanol–water partition coefficient (Wildman–Crippen LogP) is -2.16. The first-order valence-corrected chi connectivity index (χ1v) is 3.80. The van der Waals surface area contributed by atoms with Gasteiger partial charge in [0.05, 0.1) is 13.2 Å². The smallest absolute Gasteiger partial charge is 0.394 e. The Morgan fingerprint density at radius 3 is 1.25 bits per heavy atom. The number of rotatable bonds is 2. The fourth-order valence-corrected chi connectivity index (χ4v) is 0.0577. The van der Waals surface area contributed by atoms with E-state index in [1.807, 2.05) is 0 Å². The topological polar surface area (TPSA) is 170 Å². The van der Waals surface area contributed by atoms with Crippen LogP contribution in [0.15, 0.2) is 0 Å². The van der Waals surface area contributed by atoms with Gasteiger partial charge in [0.25, 0.3) is 0 Å². The second-order valence-electron chi connectivity index (χ2n) is 1.47. The molecular weight excluding hydrogens is 194 g/mol. The van der Waals surface area contributed by atoms with Gasteiger partial charge in [-0.25, -0.2) is 0 Å². The van der Waals surface area contributed by atoms with Crippen LogP contribution in [0.4, 0.5) is 0 Å². The predicted molar refractivity (Wildman–Crippen MR) is 39.4 cm³/mol. The van der Waals surface area contributed by atoms with E-state index in [1.54, 1.807) is 0 Å². The van der Waals surface area contributed by atoms with Gasteiger partial charge in [0, 0.05) is 0 Å². The quantitative estimate of drug-likeness (QED) is 0.278. The maximum Gasteiger partial charge on any atom is 0.394 e. The monoisotopic (exact) mass is 207 g/mol. The highest BCUT2D eigenvalue weighted by Gasteiger charge is 1.93. The molecule has 0 aliphatic rings. The first-order chi connectivity index (χ1) is 4.81. The average molecular weight is 207 g/mol. The van der Waals surface area contributed by atoms with Crippen molar-refractivity contribution < 1.29 is 32.8 Å². The zero-order valence-corrected chi connectivity index (χ0v) is 6.98. The summed E-state index contributed by atoms with van der Waals surface area (Å²) in [4.78, 5) is 0. The largest absolute Gasteiger partial charge is 0.394 e. The summed E-state index contributed by atoms with van der Waals surface area (Å²) >= 11 is 0. The Labute approximate surface area is 69.6 Å². The van der Waals surface area contributed by atoms with E-state index in [0.29, 0.717) is 0 Å². The Kier molecular flexibility index (Phi) is 13.0. The molecule has 12 heavy (non-hydrogen) atoms.